The summed E-state index contributed by atoms with van der Waals surface area (Å²) in [7, 11) is -3.53. The smallest absolute Gasteiger partial charge is 0.407 e. The Morgan fingerprint density at radius 3 is 1.23 bits per heavy atom. The lowest BCUT2D eigenvalue weighted by Gasteiger charge is -2.52. The summed E-state index contributed by atoms with van der Waals surface area (Å²) in [5.41, 5.74) is -2.01. The Morgan fingerprint density at radius 1 is 0.636 bits per heavy atom. The number of carbonyl (C=O) groups is 4. The maximum Gasteiger partial charge on any atom is 0.407 e. The Morgan fingerprint density at radius 2 is 0.955 bits per heavy atom. The van der Waals surface area contributed by atoms with Crippen molar-refractivity contribution >= 4 is 34.1 Å². The zero-order valence-electron chi connectivity index (χ0n) is 27.5. The number of hydrogen-bond acceptors (Lipinski definition) is 8. The minimum Gasteiger partial charge on any atom is -0.481 e. The minimum atomic E-state index is -3.53. The van der Waals surface area contributed by atoms with Crippen molar-refractivity contribution in [3.05, 3.63) is 0 Å². The van der Waals surface area contributed by atoms with Gasteiger partial charge in [0.1, 0.15) is 11.2 Å². The minimum absolute atomic E-state index is 0.00990. The molecule has 0 spiro atoms. The van der Waals surface area contributed by atoms with Gasteiger partial charge in [0.15, 0.2) is 0 Å². The molecule has 0 heterocycles. The van der Waals surface area contributed by atoms with Crippen LogP contribution in [0.25, 0.3) is 0 Å². The monoisotopic (exact) mass is 643 g/mol. The second kappa shape index (κ2) is 12.7. The molecule has 6 rings (SSSR count). The van der Waals surface area contributed by atoms with Gasteiger partial charge < -0.3 is 25.2 Å². The van der Waals surface area contributed by atoms with E-state index < -0.39 is 44.1 Å². The maximum atomic E-state index is 12.3. The molecule has 6 aliphatic rings. The molecular weight excluding hydrogens is 590 g/mol. The number of carbonyl (C=O) groups excluding carboxylic acids is 3. The molecule has 0 atom stereocenters. The van der Waals surface area contributed by atoms with Gasteiger partial charge in [0.2, 0.25) is 15.9 Å². The number of carboxylic acids is 1. The third-order valence-electron chi connectivity index (χ3n) is 10.0. The van der Waals surface area contributed by atoms with E-state index in [1.54, 1.807) is 0 Å². The number of ether oxygens (including phenoxy) is 2. The largest absolute Gasteiger partial charge is 0.481 e. The van der Waals surface area contributed by atoms with Crippen LogP contribution in [0.2, 0.25) is 0 Å². The molecule has 0 radical (unpaired) electrons. The molecule has 12 nitrogen and oxygen atoms in total. The summed E-state index contributed by atoms with van der Waals surface area (Å²) in [6.45, 7) is 12.1. The van der Waals surface area contributed by atoms with Crippen molar-refractivity contribution in [1.82, 2.24) is 15.4 Å². The normalized spacial score (nSPS) is 31.2. The fourth-order valence-corrected chi connectivity index (χ4v) is 7.70. The van der Waals surface area contributed by atoms with Gasteiger partial charge in [0.05, 0.1) is 17.1 Å². The number of sulfonamides is 1. The topological polar surface area (TPSA) is 177 Å². The molecule has 44 heavy (non-hydrogen) atoms. The fraction of sp³-hybridized carbons (Fsp3) is 0.871. The van der Waals surface area contributed by atoms with Crippen molar-refractivity contribution in [3.8, 4) is 0 Å². The summed E-state index contributed by atoms with van der Waals surface area (Å²) >= 11 is 0. The summed E-state index contributed by atoms with van der Waals surface area (Å²) in [5.74, 6) is -1.02. The fourth-order valence-electron chi connectivity index (χ4n) is 7.14. The van der Waals surface area contributed by atoms with Crippen molar-refractivity contribution in [3.63, 3.8) is 0 Å². The molecule has 0 saturated heterocycles. The zero-order valence-corrected chi connectivity index (χ0v) is 28.3. The van der Waals surface area contributed by atoms with E-state index in [0.29, 0.717) is 32.4 Å². The van der Waals surface area contributed by atoms with Crippen molar-refractivity contribution in [2.75, 3.05) is 19.3 Å². The lowest BCUT2D eigenvalue weighted by Crippen LogP contribution is -2.54. The molecule has 6 aliphatic carbocycles. The number of fused-ring (bicyclic) bond motifs is 6. The van der Waals surface area contributed by atoms with Crippen LogP contribution < -0.4 is 15.4 Å². The first-order valence-corrected chi connectivity index (χ1v) is 17.6. The van der Waals surface area contributed by atoms with Gasteiger partial charge in [0.25, 0.3) is 0 Å². The van der Waals surface area contributed by atoms with Crippen molar-refractivity contribution in [2.45, 2.75) is 130 Å². The highest BCUT2D eigenvalue weighted by atomic mass is 32.2. The number of amides is 3. The number of carboxylic acid groups (broad SMARTS) is 1. The molecular formula is C31H53N3O9S. The summed E-state index contributed by atoms with van der Waals surface area (Å²) in [6, 6.07) is 0. The van der Waals surface area contributed by atoms with Crippen LogP contribution in [-0.2, 0) is 29.1 Å². The molecule has 252 valence electrons. The highest BCUT2D eigenvalue weighted by Gasteiger charge is 2.53. The van der Waals surface area contributed by atoms with Crippen LogP contribution in [0.15, 0.2) is 0 Å². The van der Waals surface area contributed by atoms with Crippen molar-refractivity contribution < 1.29 is 42.2 Å². The van der Waals surface area contributed by atoms with E-state index in [2.05, 4.69) is 15.4 Å². The predicted molar refractivity (Wildman–Crippen MR) is 164 cm³/mol. The maximum absolute atomic E-state index is 12.3. The Balaban J connectivity index is 0.000000244. The summed E-state index contributed by atoms with van der Waals surface area (Å²) in [4.78, 5) is 47.3. The van der Waals surface area contributed by atoms with E-state index in [1.807, 2.05) is 41.5 Å². The Hall–Kier alpha value is -2.57. The first-order valence-electron chi connectivity index (χ1n) is 15.7. The molecule has 0 aromatic rings. The number of hydrogen-bond donors (Lipinski definition) is 4. The van der Waals surface area contributed by atoms with Crippen LogP contribution in [0, 0.1) is 21.7 Å². The molecule has 4 bridgehead atoms. The molecule has 13 heteroatoms. The van der Waals surface area contributed by atoms with E-state index in [0.717, 1.165) is 64.0 Å². The molecule has 0 aliphatic heterocycles. The Kier molecular flexibility index (Phi) is 10.3. The summed E-state index contributed by atoms with van der Waals surface area (Å²) < 4.78 is 35.3. The molecule has 6 fully saturated rings. The summed E-state index contributed by atoms with van der Waals surface area (Å²) in [6.07, 6.45) is 9.44. The molecule has 4 N–H and O–H groups in total. The molecule has 3 amide bonds. The summed E-state index contributed by atoms with van der Waals surface area (Å²) in [5, 5.41) is 15.1. The van der Waals surface area contributed by atoms with Gasteiger partial charge in [-0.2, -0.15) is 0 Å². The Bertz CT molecular complexity index is 1170. The standard InChI is InChI=1S/C16H28N2O5S.C15H25NO4/c1-14(2,3)23-13(20)17-11-15-5-8-16(9-6-15,10-7-15)12(19)18-24(4,21)22;1-13(2,3)20-12(19)16-10-14-4-7-15(8-5-14,9-6-14)11(17)18/h5-11H2,1-4H3,(H,17,20)(H,18,19);4-10H2,1-3H3,(H,16,19)(H,17,18). The molecule has 0 unspecified atom stereocenters. The first kappa shape index (κ1) is 35.9. The van der Waals surface area contributed by atoms with E-state index in [-0.39, 0.29) is 22.8 Å². The van der Waals surface area contributed by atoms with Gasteiger partial charge in [-0.25, -0.2) is 18.0 Å². The van der Waals surface area contributed by atoms with Gasteiger partial charge in [-0.05, 0) is 129 Å². The quantitative estimate of drug-likeness (QED) is 0.302. The highest BCUT2D eigenvalue weighted by Crippen LogP contribution is 2.57. The number of alkyl carbamates (subject to hydrolysis) is 2. The van der Waals surface area contributed by atoms with Crippen LogP contribution in [0.1, 0.15) is 119 Å². The van der Waals surface area contributed by atoms with Crippen molar-refractivity contribution in [2.24, 2.45) is 21.7 Å². The SMILES string of the molecule is CC(C)(C)OC(=O)NCC12CCC(C(=O)NS(C)(=O)=O)(CC1)CC2.CC(C)(C)OC(=O)NCC12CCC(C(=O)O)(CC1)CC2. The van der Waals surface area contributed by atoms with Gasteiger partial charge in [-0.15, -0.1) is 0 Å². The lowest BCUT2D eigenvalue weighted by molar-refractivity contribution is -0.158. The number of aliphatic carboxylic acids is 1. The number of rotatable bonds is 7. The second-order valence-corrected chi connectivity index (χ2v) is 17.5. The average molecular weight is 644 g/mol. The van der Waals surface area contributed by atoms with E-state index in [4.69, 9.17) is 9.47 Å². The first-order chi connectivity index (χ1) is 20.0. The van der Waals surface area contributed by atoms with Gasteiger partial charge in [0, 0.05) is 13.1 Å². The highest BCUT2D eigenvalue weighted by molar-refractivity contribution is 7.89. The lowest BCUT2D eigenvalue weighted by atomic mass is 9.53. The van der Waals surface area contributed by atoms with Gasteiger partial charge in [-0.1, -0.05) is 0 Å². The van der Waals surface area contributed by atoms with Gasteiger partial charge >= 0.3 is 18.2 Å². The van der Waals surface area contributed by atoms with E-state index in [9.17, 15) is 32.7 Å². The van der Waals surface area contributed by atoms with E-state index in [1.165, 1.54) is 0 Å². The zero-order chi connectivity index (χ0) is 33.2. The molecule has 6 saturated carbocycles. The third-order valence-corrected chi connectivity index (χ3v) is 10.6. The number of nitrogens with one attached hydrogen (secondary N) is 3. The van der Waals surface area contributed by atoms with Crippen LogP contribution in [0.4, 0.5) is 9.59 Å². The van der Waals surface area contributed by atoms with Crippen LogP contribution >= 0.6 is 0 Å². The molecule has 0 aromatic carbocycles. The second-order valence-electron chi connectivity index (χ2n) is 15.8. The average Bonchev–Trinajstić information content (AvgIpc) is 2.91. The van der Waals surface area contributed by atoms with Crippen LogP contribution in [0.3, 0.4) is 0 Å². The van der Waals surface area contributed by atoms with Gasteiger partial charge in [-0.3, -0.25) is 14.3 Å². The van der Waals surface area contributed by atoms with E-state index >= 15 is 0 Å². The third kappa shape index (κ3) is 9.47. The van der Waals surface area contributed by atoms with Crippen LogP contribution in [0.5, 0.6) is 0 Å². The van der Waals surface area contributed by atoms with Crippen LogP contribution in [-0.4, -0.2) is 68.1 Å². The Labute approximate surface area is 262 Å². The molecule has 0 aromatic heterocycles. The van der Waals surface area contributed by atoms with Crippen molar-refractivity contribution in [1.29, 1.82) is 0 Å². The predicted octanol–water partition coefficient (Wildman–Crippen LogP) is 4.86.